The monoisotopic (exact) mass is 680 g/mol. The largest absolute Gasteiger partial charge is 0.479 e. The molecule has 0 saturated heterocycles. The Morgan fingerprint density at radius 3 is 2.29 bits per heavy atom. The van der Waals surface area contributed by atoms with Gasteiger partial charge in [-0.1, -0.05) is 101 Å². The Labute approximate surface area is 280 Å². The van der Waals surface area contributed by atoms with Crippen molar-refractivity contribution in [1.82, 2.24) is 15.3 Å². The molecule has 5 rings (SSSR count). The van der Waals surface area contributed by atoms with Crippen LogP contribution in [0.15, 0.2) is 102 Å². The van der Waals surface area contributed by atoms with Gasteiger partial charge in [0.2, 0.25) is 0 Å². The SMILES string of the molecule is C[C@@H](Oc1ccc(Cl)cc1Cl)C(=O)N[C@H](Cc1ccccc1)C(=O)N/N=C\c1cn(Cc2ccc(Cl)cc2Cl)c2ccccc12. The van der Waals surface area contributed by atoms with Gasteiger partial charge < -0.3 is 14.6 Å². The number of benzene rings is 4. The van der Waals surface area contributed by atoms with Gasteiger partial charge in [0.25, 0.3) is 11.8 Å². The van der Waals surface area contributed by atoms with E-state index in [9.17, 15) is 9.59 Å². The van der Waals surface area contributed by atoms with Gasteiger partial charge in [0.1, 0.15) is 11.8 Å². The number of halogens is 4. The molecule has 0 spiro atoms. The Morgan fingerprint density at radius 1 is 0.867 bits per heavy atom. The minimum absolute atomic E-state index is 0.240. The zero-order valence-electron chi connectivity index (χ0n) is 24.0. The molecule has 0 bridgehead atoms. The molecule has 1 aromatic heterocycles. The standard InChI is InChI=1S/C34H28Cl4N4O3/c1-21(45-32-14-13-26(36)17-29(32)38)33(43)40-30(15-22-7-3-2-4-8-22)34(44)41-39-18-24-20-42(31-10-6-5-9-27(24)31)19-23-11-12-25(35)16-28(23)37/h2-14,16-18,20-21,30H,15,19H2,1H3,(H,40,43)(H,41,44)/b39-18-/t21-,30-/m1/s1. The second-order valence-corrected chi connectivity index (χ2v) is 12.0. The summed E-state index contributed by atoms with van der Waals surface area (Å²) in [4.78, 5) is 26.5. The van der Waals surface area contributed by atoms with E-state index in [1.807, 2.05) is 66.9 Å². The fraction of sp³-hybridized carbons (Fsp3) is 0.147. The van der Waals surface area contributed by atoms with E-state index < -0.39 is 24.0 Å². The molecule has 0 radical (unpaired) electrons. The fourth-order valence-corrected chi connectivity index (χ4v) is 5.67. The normalized spacial score (nSPS) is 12.6. The van der Waals surface area contributed by atoms with Gasteiger partial charge >= 0.3 is 0 Å². The topological polar surface area (TPSA) is 84.7 Å². The quantitative estimate of drug-likeness (QED) is 0.110. The molecule has 0 fully saturated rings. The van der Waals surface area contributed by atoms with Gasteiger partial charge in [0.15, 0.2) is 6.10 Å². The third kappa shape index (κ3) is 8.38. The summed E-state index contributed by atoms with van der Waals surface area (Å²) in [5.74, 6) is -0.684. The number of rotatable bonds is 11. The lowest BCUT2D eigenvalue weighted by Gasteiger charge is -2.21. The number of fused-ring (bicyclic) bond motifs is 1. The number of carbonyl (C=O) groups is 2. The van der Waals surface area contributed by atoms with Crippen molar-refractivity contribution in [2.75, 3.05) is 0 Å². The van der Waals surface area contributed by atoms with E-state index in [-0.39, 0.29) is 11.4 Å². The maximum absolute atomic E-state index is 13.4. The minimum Gasteiger partial charge on any atom is -0.479 e. The summed E-state index contributed by atoms with van der Waals surface area (Å²) in [5.41, 5.74) is 6.13. The van der Waals surface area contributed by atoms with Crippen LogP contribution in [0.3, 0.4) is 0 Å². The number of ether oxygens (including phenoxy) is 1. The average Bonchev–Trinajstić information content (AvgIpc) is 3.37. The second kappa shape index (κ2) is 14.8. The molecule has 7 nitrogen and oxygen atoms in total. The van der Waals surface area contributed by atoms with Crippen molar-refractivity contribution >= 4 is 75.3 Å². The van der Waals surface area contributed by atoms with E-state index in [1.54, 1.807) is 37.4 Å². The number of carbonyl (C=O) groups excluding carboxylic acids is 2. The van der Waals surface area contributed by atoms with Gasteiger partial charge in [-0.15, -0.1) is 0 Å². The Morgan fingerprint density at radius 2 is 1.56 bits per heavy atom. The summed E-state index contributed by atoms with van der Waals surface area (Å²) < 4.78 is 7.81. The third-order valence-electron chi connectivity index (χ3n) is 7.04. The van der Waals surface area contributed by atoms with Crippen LogP contribution in [0.5, 0.6) is 5.75 Å². The molecular formula is C34H28Cl4N4O3. The van der Waals surface area contributed by atoms with E-state index in [0.29, 0.717) is 27.4 Å². The van der Waals surface area contributed by atoms with Crippen LogP contribution in [-0.2, 0) is 22.6 Å². The lowest BCUT2D eigenvalue weighted by Crippen LogP contribution is -2.50. The van der Waals surface area contributed by atoms with Crippen LogP contribution in [0.1, 0.15) is 23.6 Å². The Bertz CT molecular complexity index is 1860. The first-order valence-corrected chi connectivity index (χ1v) is 15.5. The number of hydrogen-bond acceptors (Lipinski definition) is 4. The molecule has 0 aliphatic carbocycles. The first kappa shape index (κ1) is 32.4. The van der Waals surface area contributed by atoms with Crippen molar-refractivity contribution in [1.29, 1.82) is 0 Å². The molecule has 45 heavy (non-hydrogen) atoms. The van der Waals surface area contributed by atoms with Gasteiger partial charge in [-0.3, -0.25) is 9.59 Å². The smallest absolute Gasteiger partial charge is 0.262 e. The van der Waals surface area contributed by atoms with Crippen LogP contribution in [0.2, 0.25) is 20.1 Å². The summed E-state index contributed by atoms with van der Waals surface area (Å²) in [6.07, 6.45) is 2.81. The summed E-state index contributed by atoms with van der Waals surface area (Å²) in [6, 6.07) is 26.4. The molecule has 5 aromatic rings. The van der Waals surface area contributed by atoms with Crippen molar-refractivity contribution in [3.05, 3.63) is 134 Å². The molecule has 2 atom stereocenters. The van der Waals surface area contributed by atoms with E-state index in [0.717, 1.165) is 27.6 Å². The molecule has 0 saturated carbocycles. The van der Waals surface area contributed by atoms with Gasteiger partial charge in [0.05, 0.1) is 11.2 Å². The molecule has 0 aliphatic rings. The highest BCUT2D eigenvalue weighted by Gasteiger charge is 2.25. The molecule has 1 heterocycles. The molecule has 11 heteroatoms. The number of aromatic nitrogens is 1. The van der Waals surface area contributed by atoms with Crippen molar-refractivity contribution < 1.29 is 14.3 Å². The van der Waals surface area contributed by atoms with Gasteiger partial charge in [-0.05, 0) is 54.4 Å². The van der Waals surface area contributed by atoms with E-state index in [2.05, 4.69) is 20.4 Å². The maximum Gasteiger partial charge on any atom is 0.262 e. The van der Waals surface area contributed by atoms with Crippen LogP contribution in [0, 0.1) is 0 Å². The zero-order chi connectivity index (χ0) is 31.9. The highest BCUT2D eigenvalue weighted by molar-refractivity contribution is 6.35. The molecule has 4 aromatic carbocycles. The number of hydrogen-bond donors (Lipinski definition) is 2. The third-order valence-corrected chi connectivity index (χ3v) is 8.15. The summed E-state index contributed by atoms with van der Waals surface area (Å²) in [7, 11) is 0. The van der Waals surface area contributed by atoms with Crippen molar-refractivity contribution in [2.24, 2.45) is 5.10 Å². The minimum atomic E-state index is -0.946. The lowest BCUT2D eigenvalue weighted by molar-refractivity contribution is -0.132. The number of nitrogens with one attached hydrogen (secondary N) is 2. The number of para-hydroxylation sites is 1. The van der Waals surface area contributed by atoms with Crippen molar-refractivity contribution in [3.63, 3.8) is 0 Å². The highest BCUT2D eigenvalue weighted by atomic mass is 35.5. The van der Waals surface area contributed by atoms with E-state index >= 15 is 0 Å². The molecule has 2 amide bonds. The number of amides is 2. The Hall–Kier alpha value is -4.01. The Balaban J connectivity index is 1.31. The van der Waals surface area contributed by atoms with Crippen LogP contribution in [0.25, 0.3) is 10.9 Å². The molecule has 0 unspecified atom stereocenters. The lowest BCUT2D eigenvalue weighted by atomic mass is 10.1. The van der Waals surface area contributed by atoms with Gasteiger partial charge in [0, 0.05) is 50.7 Å². The van der Waals surface area contributed by atoms with E-state index in [1.165, 1.54) is 6.07 Å². The molecular weight excluding hydrogens is 654 g/mol. The van der Waals surface area contributed by atoms with Crippen LogP contribution in [0.4, 0.5) is 0 Å². The molecule has 2 N–H and O–H groups in total. The summed E-state index contributed by atoms with van der Waals surface area (Å²) >= 11 is 24.7. The first-order valence-electron chi connectivity index (χ1n) is 14.0. The molecule has 0 aliphatic heterocycles. The van der Waals surface area contributed by atoms with Crippen molar-refractivity contribution in [2.45, 2.75) is 32.0 Å². The number of nitrogens with zero attached hydrogens (tertiary/aromatic N) is 2. The summed E-state index contributed by atoms with van der Waals surface area (Å²) in [6.45, 7) is 2.09. The summed E-state index contributed by atoms with van der Waals surface area (Å²) in [5, 5.41) is 9.84. The number of hydrazone groups is 1. The van der Waals surface area contributed by atoms with Crippen LogP contribution >= 0.6 is 46.4 Å². The molecule has 230 valence electrons. The maximum atomic E-state index is 13.4. The van der Waals surface area contributed by atoms with Gasteiger partial charge in [-0.25, -0.2) is 5.43 Å². The second-order valence-electron chi connectivity index (χ2n) is 10.3. The highest BCUT2D eigenvalue weighted by Crippen LogP contribution is 2.29. The van der Waals surface area contributed by atoms with Crippen molar-refractivity contribution in [3.8, 4) is 5.75 Å². The van der Waals surface area contributed by atoms with Gasteiger partial charge in [-0.2, -0.15) is 5.10 Å². The fourth-order valence-electron chi connectivity index (χ4n) is 4.75. The average molecular weight is 682 g/mol. The zero-order valence-corrected chi connectivity index (χ0v) is 27.0. The first-order chi connectivity index (χ1) is 21.7. The predicted molar refractivity (Wildman–Crippen MR) is 182 cm³/mol. The van der Waals surface area contributed by atoms with Crippen LogP contribution in [-0.4, -0.2) is 34.7 Å². The predicted octanol–water partition coefficient (Wildman–Crippen LogP) is 7.95. The Kier molecular flexibility index (Phi) is 10.7. The van der Waals surface area contributed by atoms with E-state index in [4.69, 9.17) is 51.1 Å². The van der Waals surface area contributed by atoms with Crippen LogP contribution < -0.4 is 15.5 Å².